The molecule has 1 atom stereocenters. The van der Waals surface area contributed by atoms with Gasteiger partial charge in [-0.25, -0.2) is 0 Å². The lowest BCUT2D eigenvalue weighted by Gasteiger charge is -2.00. The van der Waals surface area contributed by atoms with E-state index in [-0.39, 0.29) is 0 Å². The van der Waals surface area contributed by atoms with E-state index in [1.807, 2.05) is 6.08 Å². The Labute approximate surface area is 62.1 Å². The van der Waals surface area contributed by atoms with E-state index >= 15 is 0 Å². The normalized spacial score (nSPS) is 13.9. The van der Waals surface area contributed by atoms with E-state index < -0.39 is 6.10 Å². The fourth-order valence-electron chi connectivity index (χ4n) is 0.512. The first-order chi connectivity index (χ1) is 4.72. The van der Waals surface area contributed by atoms with Gasteiger partial charge in [-0.3, -0.25) is 0 Å². The number of allylic oxidation sites excluding steroid dienone is 2. The minimum absolute atomic E-state index is 0.736. The van der Waals surface area contributed by atoms with Crippen molar-refractivity contribution in [3.8, 4) is 12.3 Å². The van der Waals surface area contributed by atoms with Gasteiger partial charge in [0.1, 0.15) is 6.10 Å². The van der Waals surface area contributed by atoms with E-state index in [0.29, 0.717) is 0 Å². The van der Waals surface area contributed by atoms with Gasteiger partial charge < -0.3 is 5.11 Å². The third kappa shape index (κ3) is 3.11. The summed E-state index contributed by atoms with van der Waals surface area (Å²) in [5.41, 5.74) is 0.808. The molecule has 1 unspecified atom stereocenters. The van der Waals surface area contributed by atoms with Crippen molar-refractivity contribution in [2.45, 2.75) is 19.4 Å². The highest BCUT2D eigenvalue weighted by Gasteiger charge is 1.97. The van der Waals surface area contributed by atoms with Gasteiger partial charge in [-0.15, -0.1) is 13.0 Å². The minimum atomic E-state index is -0.736. The van der Waals surface area contributed by atoms with Crippen LogP contribution in [0.25, 0.3) is 0 Å². The summed E-state index contributed by atoms with van der Waals surface area (Å²) >= 11 is 0. The van der Waals surface area contributed by atoms with Crippen LogP contribution in [0.4, 0.5) is 0 Å². The maximum absolute atomic E-state index is 9.01. The first-order valence-corrected chi connectivity index (χ1v) is 3.14. The second-order valence-electron chi connectivity index (χ2n) is 2.04. The van der Waals surface area contributed by atoms with Gasteiger partial charge in [0.15, 0.2) is 0 Å². The second kappa shape index (κ2) is 4.84. The Kier molecular flexibility index (Phi) is 4.36. The number of hydrogen-bond donors (Lipinski definition) is 1. The SMILES string of the molecule is C#CC(O)C(C)=CCC=C. The largest absolute Gasteiger partial charge is 0.376 e. The molecule has 0 aromatic rings. The van der Waals surface area contributed by atoms with Gasteiger partial charge in [-0.2, -0.15) is 0 Å². The van der Waals surface area contributed by atoms with Crippen molar-refractivity contribution in [1.82, 2.24) is 0 Å². The van der Waals surface area contributed by atoms with Crippen LogP contribution in [0.5, 0.6) is 0 Å². The predicted octanol–water partition coefficient (Wildman–Crippen LogP) is 1.50. The fourth-order valence-corrected chi connectivity index (χ4v) is 0.512. The van der Waals surface area contributed by atoms with E-state index in [1.165, 1.54) is 0 Å². The summed E-state index contributed by atoms with van der Waals surface area (Å²) in [6, 6.07) is 0. The van der Waals surface area contributed by atoms with Crippen molar-refractivity contribution in [3.63, 3.8) is 0 Å². The van der Waals surface area contributed by atoms with Crippen molar-refractivity contribution in [2.75, 3.05) is 0 Å². The number of rotatable bonds is 3. The minimum Gasteiger partial charge on any atom is -0.376 e. The van der Waals surface area contributed by atoms with Gasteiger partial charge in [0.05, 0.1) is 0 Å². The molecule has 0 saturated carbocycles. The van der Waals surface area contributed by atoms with Crippen LogP contribution in [-0.4, -0.2) is 11.2 Å². The molecular formula is C9H12O. The highest BCUT2D eigenvalue weighted by molar-refractivity contribution is 5.16. The topological polar surface area (TPSA) is 20.2 Å². The summed E-state index contributed by atoms with van der Waals surface area (Å²) in [5.74, 6) is 2.23. The smallest absolute Gasteiger partial charge is 0.135 e. The molecule has 0 radical (unpaired) electrons. The molecule has 0 amide bonds. The molecule has 10 heavy (non-hydrogen) atoms. The lowest BCUT2D eigenvalue weighted by Crippen LogP contribution is -2.03. The van der Waals surface area contributed by atoms with Crippen LogP contribution >= 0.6 is 0 Å². The molecule has 0 aromatic carbocycles. The number of aliphatic hydroxyl groups excluding tert-OH is 1. The molecule has 0 fully saturated rings. The van der Waals surface area contributed by atoms with Crippen molar-refractivity contribution in [3.05, 3.63) is 24.3 Å². The Morgan fingerprint density at radius 3 is 2.90 bits per heavy atom. The maximum Gasteiger partial charge on any atom is 0.135 e. The second-order valence-corrected chi connectivity index (χ2v) is 2.04. The molecule has 1 heteroatoms. The van der Waals surface area contributed by atoms with Gasteiger partial charge in [0, 0.05) is 0 Å². The van der Waals surface area contributed by atoms with E-state index in [1.54, 1.807) is 13.0 Å². The summed E-state index contributed by atoms with van der Waals surface area (Å²) in [6.07, 6.45) is 8.61. The molecular weight excluding hydrogens is 124 g/mol. The molecule has 0 heterocycles. The first kappa shape index (κ1) is 9.00. The quantitative estimate of drug-likeness (QED) is 0.460. The van der Waals surface area contributed by atoms with Crippen LogP contribution in [0.1, 0.15) is 13.3 Å². The van der Waals surface area contributed by atoms with Crippen LogP contribution < -0.4 is 0 Å². The molecule has 1 nitrogen and oxygen atoms in total. The third-order valence-electron chi connectivity index (χ3n) is 1.20. The standard InChI is InChI=1S/C9H12O/c1-4-6-7-8(3)9(10)5-2/h2,4,7,9-10H,1,6H2,3H3. The molecule has 0 aliphatic rings. The average Bonchev–Trinajstić information content (AvgIpc) is 1.98. The van der Waals surface area contributed by atoms with E-state index in [4.69, 9.17) is 11.5 Å². The van der Waals surface area contributed by atoms with E-state index in [9.17, 15) is 0 Å². The fraction of sp³-hybridized carbons (Fsp3) is 0.333. The lowest BCUT2D eigenvalue weighted by atomic mass is 10.1. The third-order valence-corrected chi connectivity index (χ3v) is 1.20. The summed E-state index contributed by atoms with van der Waals surface area (Å²) in [6.45, 7) is 5.34. The van der Waals surface area contributed by atoms with Gasteiger partial charge in [0.25, 0.3) is 0 Å². The van der Waals surface area contributed by atoms with Crippen LogP contribution in [0.2, 0.25) is 0 Å². The summed E-state index contributed by atoms with van der Waals surface area (Å²) in [7, 11) is 0. The Morgan fingerprint density at radius 2 is 2.50 bits per heavy atom. The average molecular weight is 136 g/mol. The molecule has 0 aliphatic heterocycles. The first-order valence-electron chi connectivity index (χ1n) is 3.14. The Balaban J connectivity index is 3.94. The zero-order valence-corrected chi connectivity index (χ0v) is 6.17. The highest BCUT2D eigenvalue weighted by Crippen LogP contribution is 2.00. The summed E-state index contributed by atoms with van der Waals surface area (Å²) in [4.78, 5) is 0. The number of terminal acetylenes is 1. The Morgan fingerprint density at radius 1 is 1.90 bits per heavy atom. The maximum atomic E-state index is 9.01. The van der Waals surface area contributed by atoms with Gasteiger partial charge in [-0.1, -0.05) is 18.1 Å². The Bertz CT molecular complexity index is 172. The molecule has 0 aromatic heterocycles. The molecule has 0 bridgehead atoms. The lowest BCUT2D eigenvalue weighted by molar-refractivity contribution is 0.268. The van der Waals surface area contributed by atoms with Crippen LogP contribution in [0.15, 0.2) is 24.3 Å². The zero-order valence-electron chi connectivity index (χ0n) is 6.17. The zero-order chi connectivity index (χ0) is 7.98. The van der Waals surface area contributed by atoms with Gasteiger partial charge in [0.2, 0.25) is 0 Å². The Hall–Kier alpha value is -1.00. The van der Waals surface area contributed by atoms with Crippen LogP contribution in [-0.2, 0) is 0 Å². The molecule has 1 N–H and O–H groups in total. The molecule has 0 saturated heterocycles. The molecule has 0 rings (SSSR count). The van der Waals surface area contributed by atoms with Crippen LogP contribution in [0, 0.1) is 12.3 Å². The van der Waals surface area contributed by atoms with Crippen molar-refractivity contribution < 1.29 is 5.11 Å². The highest BCUT2D eigenvalue weighted by atomic mass is 16.3. The molecule has 0 spiro atoms. The number of hydrogen-bond acceptors (Lipinski definition) is 1. The van der Waals surface area contributed by atoms with Crippen LogP contribution in [0.3, 0.4) is 0 Å². The number of aliphatic hydroxyl groups is 1. The molecule has 0 aliphatic carbocycles. The van der Waals surface area contributed by atoms with Crippen molar-refractivity contribution in [2.24, 2.45) is 0 Å². The summed E-state index contributed by atoms with van der Waals surface area (Å²) in [5, 5.41) is 9.01. The van der Waals surface area contributed by atoms with E-state index in [0.717, 1.165) is 12.0 Å². The molecule has 54 valence electrons. The van der Waals surface area contributed by atoms with E-state index in [2.05, 4.69) is 12.5 Å². The van der Waals surface area contributed by atoms with Crippen molar-refractivity contribution >= 4 is 0 Å². The predicted molar refractivity (Wildman–Crippen MR) is 43.4 cm³/mol. The van der Waals surface area contributed by atoms with Gasteiger partial charge >= 0.3 is 0 Å². The van der Waals surface area contributed by atoms with Gasteiger partial charge in [-0.05, 0) is 18.9 Å². The summed E-state index contributed by atoms with van der Waals surface area (Å²) < 4.78 is 0. The monoisotopic (exact) mass is 136 g/mol. The van der Waals surface area contributed by atoms with Crippen molar-refractivity contribution in [1.29, 1.82) is 0 Å².